The number of rotatable bonds is 3. The first kappa shape index (κ1) is 13.9. The van der Waals surface area contributed by atoms with Gasteiger partial charge in [-0.15, -0.1) is 0 Å². The van der Waals surface area contributed by atoms with Crippen LogP contribution in [0.25, 0.3) is 0 Å². The quantitative estimate of drug-likeness (QED) is 0.941. The third kappa shape index (κ3) is 2.49. The molecule has 0 radical (unpaired) electrons. The summed E-state index contributed by atoms with van der Waals surface area (Å²) in [5.41, 5.74) is 7.86. The molecule has 110 valence electrons. The summed E-state index contributed by atoms with van der Waals surface area (Å²) in [6.45, 7) is 0.802. The molecule has 21 heavy (non-hydrogen) atoms. The van der Waals surface area contributed by atoms with Gasteiger partial charge < -0.3 is 10.6 Å². The summed E-state index contributed by atoms with van der Waals surface area (Å²) in [6.07, 6.45) is 0.759. The highest BCUT2D eigenvalue weighted by Crippen LogP contribution is 2.36. The Morgan fingerprint density at radius 2 is 1.76 bits per heavy atom. The minimum absolute atomic E-state index is 0.165. The van der Waals surface area contributed by atoms with Gasteiger partial charge in [0.1, 0.15) is 17.5 Å². The van der Waals surface area contributed by atoms with Gasteiger partial charge in [0, 0.05) is 30.4 Å². The first-order chi connectivity index (χ1) is 10.1. The van der Waals surface area contributed by atoms with Crippen LogP contribution in [0.3, 0.4) is 0 Å². The van der Waals surface area contributed by atoms with Gasteiger partial charge >= 0.3 is 0 Å². The van der Waals surface area contributed by atoms with E-state index in [9.17, 15) is 13.2 Å². The van der Waals surface area contributed by atoms with Crippen LogP contribution in [0.1, 0.15) is 17.2 Å². The van der Waals surface area contributed by atoms with Gasteiger partial charge in [-0.1, -0.05) is 12.1 Å². The number of hydrogen-bond acceptors (Lipinski definition) is 2. The Kier molecular flexibility index (Phi) is 3.59. The van der Waals surface area contributed by atoms with Crippen molar-refractivity contribution in [1.29, 1.82) is 0 Å². The van der Waals surface area contributed by atoms with E-state index in [0.717, 1.165) is 23.7 Å². The Morgan fingerprint density at radius 1 is 1.05 bits per heavy atom. The summed E-state index contributed by atoms with van der Waals surface area (Å²) in [5, 5.41) is 0. The summed E-state index contributed by atoms with van der Waals surface area (Å²) < 4.78 is 40.5. The van der Waals surface area contributed by atoms with Crippen molar-refractivity contribution in [2.24, 2.45) is 5.73 Å². The predicted molar refractivity (Wildman–Crippen MR) is 75.6 cm³/mol. The maximum absolute atomic E-state index is 14.0. The zero-order valence-electron chi connectivity index (χ0n) is 11.3. The molecule has 0 spiro atoms. The van der Waals surface area contributed by atoms with Crippen LogP contribution in [0.4, 0.5) is 18.9 Å². The summed E-state index contributed by atoms with van der Waals surface area (Å²) in [4.78, 5) is 1.88. The second kappa shape index (κ2) is 5.41. The molecule has 0 aromatic heterocycles. The van der Waals surface area contributed by atoms with Crippen molar-refractivity contribution in [3.63, 3.8) is 0 Å². The van der Waals surface area contributed by atoms with Crippen LogP contribution in [0.2, 0.25) is 0 Å². The Labute approximate surface area is 121 Å². The van der Waals surface area contributed by atoms with Gasteiger partial charge in [-0.05, 0) is 30.2 Å². The van der Waals surface area contributed by atoms with E-state index in [1.165, 1.54) is 24.3 Å². The van der Waals surface area contributed by atoms with E-state index >= 15 is 0 Å². The molecule has 0 bridgehead atoms. The highest BCUT2D eigenvalue weighted by atomic mass is 19.1. The molecule has 0 amide bonds. The molecule has 0 saturated heterocycles. The van der Waals surface area contributed by atoms with E-state index in [4.69, 9.17) is 5.73 Å². The normalized spacial score (nSPS) is 15.1. The first-order valence-corrected chi connectivity index (χ1v) is 6.80. The maximum atomic E-state index is 14.0. The number of nitrogens with two attached hydrogens (primary N) is 1. The second-order valence-electron chi connectivity index (χ2n) is 5.13. The molecule has 3 rings (SSSR count). The number of halogens is 3. The van der Waals surface area contributed by atoms with Gasteiger partial charge in [0.05, 0.1) is 6.04 Å². The first-order valence-electron chi connectivity index (χ1n) is 6.80. The molecule has 1 heterocycles. The Hall–Kier alpha value is -2.01. The molecule has 0 aliphatic carbocycles. The summed E-state index contributed by atoms with van der Waals surface area (Å²) >= 11 is 0. The number of anilines is 1. The zero-order chi connectivity index (χ0) is 15.0. The topological polar surface area (TPSA) is 29.3 Å². The lowest BCUT2D eigenvalue weighted by atomic mass is 10.0. The van der Waals surface area contributed by atoms with Crippen LogP contribution in [-0.2, 0) is 6.42 Å². The molecular formula is C16H15F3N2. The monoisotopic (exact) mass is 292 g/mol. The van der Waals surface area contributed by atoms with Crippen LogP contribution in [0.15, 0.2) is 36.4 Å². The standard InChI is InChI=1S/C16H15F3N2/c17-11-3-4-13(14(19)7-11)16(9-20)21-6-5-10-1-2-12(18)8-15(10)21/h1-4,7-8,16H,5-6,9,20H2. The fourth-order valence-corrected chi connectivity index (χ4v) is 2.89. The lowest BCUT2D eigenvalue weighted by Gasteiger charge is -2.30. The van der Waals surface area contributed by atoms with Crippen LogP contribution in [0.5, 0.6) is 0 Å². The minimum atomic E-state index is -0.629. The van der Waals surface area contributed by atoms with Gasteiger partial charge in [0.15, 0.2) is 0 Å². The molecule has 2 aromatic carbocycles. The molecular weight excluding hydrogens is 277 g/mol. The Morgan fingerprint density at radius 3 is 2.48 bits per heavy atom. The molecule has 1 unspecified atom stereocenters. The van der Waals surface area contributed by atoms with Crippen LogP contribution in [0, 0.1) is 17.5 Å². The van der Waals surface area contributed by atoms with E-state index in [-0.39, 0.29) is 12.4 Å². The second-order valence-corrected chi connectivity index (χ2v) is 5.13. The third-order valence-corrected chi connectivity index (χ3v) is 3.90. The SMILES string of the molecule is NCC(c1ccc(F)cc1F)N1CCc2ccc(F)cc21. The molecule has 2 nitrogen and oxygen atoms in total. The third-order valence-electron chi connectivity index (χ3n) is 3.90. The average Bonchev–Trinajstić information content (AvgIpc) is 2.85. The van der Waals surface area contributed by atoms with Gasteiger partial charge in [0.25, 0.3) is 0 Å². The summed E-state index contributed by atoms with van der Waals surface area (Å²) in [7, 11) is 0. The van der Waals surface area contributed by atoms with Crippen molar-refractivity contribution >= 4 is 5.69 Å². The van der Waals surface area contributed by atoms with Crippen LogP contribution >= 0.6 is 0 Å². The summed E-state index contributed by atoms with van der Waals surface area (Å²) in [6, 6.07) is 7.61. The highest BCUT2D eigenvalue weighted by Gasteiger charge is 2.28. The van der Waals surface area contributed by atoms with E-state index in [2.05, 4.69) is 0 Å². The van der Waals surface area contributed by atoms with Gasteiger partial charge in [-0.2, -0.15) is 0 Å². The fraction of sp³-hybridized carbons (Fsp3) is 0.250. The lowest BCUT2D eigenvalue weighted by molar-refractivity contribution is 0.544. The molecule has 1 aliphatic heterocycles. The highest BCUT2D eigenvalue weighted by molar-refractivity contribution is 5.60. The van der Waals surface area contributed by atoms with Gasteiger partial charge in [-0.25, -0.2) is 13.2 Å². The maximum Gasteiger partial charge on any atom is 0.131 e. The summed E-state index contributed by atoms with van der Waals surface area (Å²) in [5.74, 6) is -1.59. The molecule has 0 fully saturated rings. The smallest absolute Gasteiger partial charge is 0.131 e. The number of benzene rings is 2. The molecule has 2 aromatic rings. The van der Waals surface area contributed by atoms with Crippen molar-refractivity contribution < 1.29 is 13.2 Å². The Balaban J connectivity index is 2.01. The number of hydrogen-bond donors (Lipinski definition) is 1. The van der Waals surface area contributed by atoms with Crippen molar-refractivity contribution in [1.82, 2.24) is 0 Å². The van der Waals surface area contributed by atoms with E-state index in [1.807, 2.05) is 4.90 Å². The minimum Gasteiger partial charge on any atom is -0.362 e. The number of nitrogens with zero attached hydrogens (tertiary/aromatic N) is 1. The fourth-order valence-electron chi connectivity index (χ4n) is 2.89. The zero-order valence-corrected chi connectivity index (χ0v) is 11.3. The van der Waals surface area contributed by atoms with Crippen molar-refractivity contribution in [3.05, 3.63) is 65.0 Å². The van der Waals surface area contributed by atoms with Gasteiger partial charge in [0.2, 0.25) is 0 Å². The molecule has 5 heteroatoms. The van der Waals surface area contributed by atoms with E-state index < -0.39 is 17.7 Å². The van der Waals surface area contributed by atoms with Crippen molar-refractivity contribution in [2.45, 2.75) is 12.5 Å². The van der Waals surface area contributed by atoms with Crippen molar-refractivity contribution in [2.75, 3.05) is 18.0 Å². The van der Waals surface area contributed by atoms with Crippen LogP contribution in [-0.4, -0.2) is 13.1 Å². The molecule has 0 saturated carbocycles. The van der Waals surface area contributed by atoms with Gasteiger partial charge in [-0.3, -0.25) is 0 Å². The van der Waals surface area contributed by atoms with E-state index in [0.29, 0.717) is 12.1 Å². The van der Waals surface area contributed by atoms with Crippen molar-refractivity contribution in [3.8, 4) is 0 Å². The lowest BCUT2D eigenvalue weighted by Crippen LogP contribution is -2.33. The van der Waals surface area contributed by atoms with Crippen LogP contribution < -0.4 is 10.6 Å². The average molecular weight is 292 g/mol. The Bertz CT molecular complexity index is 673. The number of fused-ring (bicyclic) bond motifs is 1. The largest absolute Gasteiger partial charge is 0.362 e. The molecule has 2 N–H and O–H groups in total. The van der Waals surface area contributed by atoms with E-state index in [1.54, 1.807) is 6.07 Å². The predicted octanol–water partition coefficient (Wildman–Crippen LogP) is 3.17. The molecule has 1 atom stereocenters. The molecule has 1 aliphatic rings.